The summed E-state index contributed by atoms with van der Waals surface area (Å²) in [5.41, 5.74) is 0. The molecule has 3 rings (SSSR count). The fourth-order valence-electron chi connectivity index (χ4n) is 2.75. The zero-order valence-corrected chi connectivity index (χ0v) is 13.1. The van der Waals surface area contributed by atoms with Gasteiger partial charge in [-0.15, -0.1) is 5.10 Å². The van der Waals surface area contributed by atoms with Crippen molar-refractivity contribution in [1.82, 2.24) is 19.7 Å². The molecule has 2 N–H and O–H groups in total. The van der Waals surface area contributed by atoms with Crippen LogP contribution in [0.1, 0.15) is 57.3 Å². The van der Waals surface area contributed by atoms with Gasteiger partial charge in [-0.3, -0.25) is 15.2 Å². The van der Waals surface area contributed by atoms with Gasteiger partial charge in [0.05, 0.1) is 0 Å². The SMILES string of the molecule is CC(C)C[C@@H](C(=O)Nc1n[nH]c(C2CCC2)n1)n1cccc1. The molecule has 0 radical (unpaired) electrons. The summed E-state index contributed by atoms with van der Waals surface area (Å²) in [6, 6.07) is 3.63. The molecule has 6 nitrogen and oxygen atoms in total. The number of nitrogens with one attached hydrogen (secondary N) is 2. The minimum atomic E-state index is -0.236. The van der Waals surface area contributed by atoms with Gasteiger partial charge in [0, 0.05) is 18.3 Å². The molecule has 1 aliphatic rings. The van der Waals surface area contributed by atoms with E-state index >= 15 is 0 Å². The van der Waals surface area contributed by atoms with Gasteiger partial charge in [0.1, 0.15) is 11.9 Å². The van der Waals surface area contributed by atoms with Crippen LogP contribution in [0.5, 0.6) is 0 Å². The predicted octanol–water partition coefficient (Wildman–Crippen LogP) is 3.10. The molecule has 0 aliphatic heterocycles. The van der Waals surface area contributed by atoms with Crippen LogP contribution >= 0.6 is 0 Å². The van der Waals surface area contributed by atoms with Crippen LogP contribution < -0.4 is 5.32 Å². The van der Waals surface area contributed by atoms with E-state index in [1.165, 1.54) is 6.42 Å². The molecule has 6 heteroatoms. The van der Waals surface area contributed by atoms with Gasteiger partial charge in [0.25, 0.3) is 0 Å². The van der Waals surface area contributed by atoms with Crippen molar-refractivity contribution in [3.63, 3.8) is 0 Å². The molecule has 0 aromatic carbocycles. The molecule has 0 saturated heterocycles. The highest BCUT2D eigenvalue weighted by Gasteiger charge is 2.25. The van der Waals surface area contributed by atoms with Crippen LogP contribution in [0.15, 0.2) is 24.5 Å². The molecule has 1 atom stereocenters. The monoisotopic (exact) mass is 301 g/mol. The maximum atomic E-state index is 12.6. The van der Waals surface area contributed by atoms with Gasteiger partial charge in [-0.2, -0.15) is 4.98 Å². The lowest BCUT2D eigenvalue weighted by atomic mass is 9.85. The molecule has 1 saturated carbocycles. The number of anilines is 1. The summed E-state index contributed by atoms with van der Waals surface area (Å²) < 4.78 is 1.94. The fraction of sp³-hybridized carbons (Fsp3) is 0.562. The maximum Gasteiger partial charge on any atom is 0.249 e. The second-order valence-electron chi connectivity index (χ2n) is 6.44. The van der Waals surface area contributed by atoms with E-state index < -0.39 is 0 Å². The Morgan fingerprint density at radius 3 is 2.73 bits per heavy atom. The van der Waals surface area contributed by atoms with E-state index in [2.05, 4.69) is 34.3 Å². The van der Waals surface area contributed by atoms with E-state index in [1.807, 2.05) is 29.1 Å². The van der Waals surface area contributed by atoms with Crippen LogP contribution in [-0.2, 0) is 4.79 Å². The van der Waals surface area contributed by atoms with Gasteiger partial charge in [0.15, 0.2) is 0 Å². The van der Waals surface area contributed by atoms with Crippen molar-refractivity contribution in [2.45, 2.75) is 51.5 Å². The Bertz CT molecular complexity index is 612. The van der Waals surface area contributed by atoms with E-state index in [1.54, 1.807) is 0 Å². The third kappa shape index (κ3) is 3.21. The molecule has 0 spiro atoms. The van der Waals surface area contributed by atoms with Gasteiger partial charge in [-0.05, 0) is 37.3 Å². The van der Waals surface area contributed by atoms with Crippen molar-refractivity contribution in [2.24, 2.45) is 5.92 Å². The molecule has 118 valence electrons. The molecular formula is C16H23N5O. The molecular weight excluding hydrogens is 278 g/mol. The van der Waals surface area contributed by atoms with Gasteiger partial charge in [-0.25, -0.2) is 0 Å². The number of hydrogen-bond donors (Lipinski definition) is 2. The van der Waals surface area contributed by atoms with Gasteiger partial charge < -0.3 is 4.57 Å². The van der Waals surface area contributed by atoms with Crippen LogP contribution in [0.25, 0.3) is 0 Å². The van der Waals surface area contributed by atoms with Gasteiger partial charge in [0.2, 0.25) is 11.9 Å². The normalized spacial score (nSPS) is 16.5. The van der Waals surface area contributed by atoms with Crippen LogP contribution in [0.3, 0.4) is 0 Å². The van der Waals surface area contributed by atoms with E-state index in [-0.39, 0.29) is 11.9 Å². The second kappa shape index (κ2) is 6.34. The zero-order chi connectivity index (χ0) is 15.5. The number of carbonyl (C=O) groups is 1. The quantitative estimate of drug-likeness (QED) is 0.860. The molecule has 22 heavy (non-hydrogen) atoms. The fourth-order valence-corrected chi connectivity index (χ4v) is 2.75. The third-order valence-electron chi connectivity index (χ3n) is 4.21. The van der Waals surface area contributed by atoms with Crippen LogP contribution in [-0.4, -0.2) is 25.7 Å². The van der Waals surface area contributed by atoms with Crippen molar-refractivity contribution in [3.05, 3.63) is 30.4 Å². The van der Waals surface area contributed by atoms with Gasteiger partial charge in [-0.1, -0.05) is 20.3 Å². The number of carbonyl (C=O) groups excluding carboxylic acids is 1. The summed E-state index contributed by atoms with van der Waals surface area (Å²) in [5, 5.41) is 9.92. The molecule has 0 bridgehead atoms. The molecule has 2 aromatic rings. The molecule has 0 unspecified atom stereocenters. The number of aromatic amines is 1. The average molecular weight is 301 g/mol. The first-order valence-electron chi connectivity index (χ1n) is 7.99. The van der Waals surface area contributed by atoms with Crippen molar-refractivity contribution in [2.75, 3.05) is 5.32 Å². The number of H-pyrrole nitrogens is 1. The van der Waals surface area contributed by atoms with Crippen molar-refractivity contribution < 1.29 is 4.79 Å². The first-order valence-corrected chi connectivity index (χ1v) is 7.99. The average Bonchev–Trinajstić information content (AvgIpc) is 3.05. The zero-order valence-electron chi connectivity index (χ0n) is 13.1. The molecule has 1 aliphatic carbocycles. The Morgan fingerprint density at radius 2 is 2.14 bits per heavy atom. The predicted molar refractivity (Wildman–Crippen MR) is 84.5 cm³/mol. The lowest BCUT2D eigenvalue weighted by molar-refractivity contribution is -0.119. The number of rotatable bonds is 6. The largest absolute Gasteiger partial charge is 0.342 e. The van der Waals surface area contributed by atoms with Crippen molar-refractivity contribution in [3.8, 4) is 0 Å². The maximum absolute atomic E-state index is 12.6. The van der Waals surface area contributed by atoms with E-state index in [4.69, 9.17) is 0 Å². The van der Waals surface area contributed by atoms with E-state index in [0.717, 1.165) is 25.1 Å². The number of aromatic nitrogens is 4. The Kier molecular flexibility index (Phi) is 4.27. The van der Waals surface area contributed by atoms with Crippen molar-refractivity contribution >= 4 is 11.9 Å². The van der Waals surface area contributed by atoms with E-state index in [0.29, 0.717) is 17.8 Å². The van der Waals surface area contributed by atoms with Crippen molar-refractivity contribution in [1.29, 1.82) is 0 Å². The summed E-state index contributed by atoms with van der Waals surface area (Å²) in [6.07, 6.45) is 8.18. The summed E-state index contributed by atoms with van der Waals surface area (Å²) in [5.74, 6) is 2.12. The van der Waals surface area contributed by atoms with Crippen LogP contribution in [0.2, 0.25) is 0 Å². The van der Waals surface area contributed by atoms with Crippen LogP contribution in [0, 0.1) is 5.92 Å². The number of amides is 1. The first-order chi connectivity index (χ1) is 10.6. The highest BCUT2D eigenvalue weighted by atomic mass is 16.2. The number of hydrogen-bond acceptors (Lipinski definition) is 3. The Morgan fingerprint density at radius 1 is 1.41 bits per heavy atom. The lowest BCUT2D eigenvalue weighted by Crippen LogP contribution is -2.27. The topological polar surface area (TPSA) is 75.6 Å². The standard InChI is InChI=1S/C16H23N5O/c1-11(2)10-13(21-8-3-4-9-21)15(22)18-16-17-14(19-20-16)12-6-5-7-12/h3-4,8-9,11-13H,5-7,10H2,1-2H3,(H2,17,18,19,20,22)/t13-/m0/s1. The molecule has 2 aromatic heterocycles. The Hall–Kier alpha value is -2.11. The van der Waals surface area contributed by atoms with Gasteiger partial charge >= 0.3 is 0 Å². The summed E-state index contributed by atoms with van der Waals surface area (Å²) in [6.45, 7) is 4.23. The molecule has 2 heterocycles. The first kappa shape index (κ1) is 14.8. The Balaban J connectivity index is 1.69. The van der Waals surface area contributed by atoms with E-state index in [9.17, 15) is 4.79 Å². The smallest absolute Gasteiger partial charge is 0.249 e. The second-order valence-corrected chi connectivity index (χ2v) is 6.44. The highest BCUT2D eigenvalue weighted by Crippen LogP contribution is 2.34. The minimum Gasteiger partial charge on any atom is -0.342 e. The Labute approximate surface area is 130 Å². The summed E-state index contributed by atoms with van der Waals surface area (Å²) in [4.78, 5) is 17.0. The highest BCUT2D eigenvalue weighted by molar-refractivity contribution is 5.92. The third-order valence-corrected chi connectivity index (χ3v) is 4.21. The van der Waals surface area contributed by atoms with Crippen LogP contribution in [0.4, 0.5) is 5.95 Å². The summed E-state index contributed by atoms with van der Waals surface area (Å²) >= 11 is 0. The molecule has 1 fully saturated rings. The summed E-state index contributed by atoms with van der Waals surface area (Å²) in [7, 11) is 0. The number of nitrogens with zero attached hydrogens (tertiary/aromatic N) is 3. The lowest BCUT2D eigenvalue weighted by Gasteiger charge is -2.22. The molecule has 1 amide bonds. The minimum absolute atomic E-state index is 0.0657.